The molecule has 3 nitrogen and oxygen atoms in total. The number of fused-ring (bicyclic) bond motifs is 1. The average molecular weight is 288 g/mol. The molecule has 0 aliphatic carbocycles. The minimum atomic E-state index is 0.603. The molecule has 0 radical (unpaired) electrons. The van der Waals surface area contributed by atoms with Crippen LogP contribution in [-0.4, -0.2) is 23.8 Å². The Balaban J connectivity index is 1.95. The van der Waals surface area contributed by atoms with Crippen LogP contribution in [-0.2, 0) is 6.54 Å². The monoisotopic (exact) mass is 288 g/mol. The predicted octanol–water partition coefficient (Wildman–Crippen LogP) is 4.21. The largest absolute Gasteiger partial charge is 0.494 e. The van der Waals surface area contributed by atoms with Crippen LogP contribution >= 0.6 is 0 Å². The summed E-state index contributed by atoms with van der Waals surface area (Å²) in [6.07, 6.45) is 5.69. The van der Waals surface area contributed by atoms with Gasteiger partial charge in [-0.3, -0.25) is 0 Å². The van der Waals surface area contributed by atoms with Crippen LogP contribution in [0.1, 0.15) is 40.0 Å². The Morgan fingerprint density at radius 1 is 1.19 bits per heavy atom. The van der Waals surface area contributed by atoms with E-state index in [0.717, 1.165) is 31.9 Å². The van der Waals surface area contributed by atoms with Crippen molar-refractivity contribution in [1.29, 1.82) is 0 Å². The molecule has 1 heterocycles. The summed E-state index contributed by atoms with van der Waals surface area (Å²) < 4.78 is 8.00. The summed E-state index contributed by atoms with van der Waals surface area (Å²) in [5, 5.41) is 4.84. The molecule has 0 spiro atoms. The van der Waals surface area contributed by atoms with Crippen LogP contribution in [0.4, 0.5) is 0 Å². The summed E-state index contributed by atoms with van der Waals surface area (Å²) in [7, 11) is 0. The maximum Gasteiger partial charge on any atom is 0.120 e. The van der Waals surface area contributed by atoms with Gasteiger partial charge in [0.1, 0.15) is 5.75 Å². The Kier molecular flexibility index (Phi) is 6.12. The van der Waals surface area contributed by atoms with Gasteiger partial charge in [0.15, 0.2) is 0 Å². The lowest BCUT2D eigenvalue weighted by atomic mass is 10.2. The number of hydrogen-bond donors (Lipinski definition) is 1. The molecule has 116 valence electrons. The molecule has 3 heteroatoms. The van der Waals surface area contributed by atoms with Crippen molar-refractivity contribution >= 4 is 10.9 Å². The minimum absolute atomic E-state index is 0.603. The molecule has 0 aliphatic rings. The second-order valence-electron chi connectivity index (χ2n) is 5.72. The Morgan fingerprint density at radius 2 is 2.05 bits per heavy atom. The lowest BCUT2D eigenvalue weighted by Crippen LogP contribution is -2.29. The van der Waals surface area contributed by atoms with E-state index in [2.05, 4.69) is 61.1 Å². The van der Waals surface area contributed by atoms with Crippen LogP contribution in [0.3, 0.4) is 0 Å². The quantitative estimate of drug-likeness (QED) is 0.748. The molecule has 0 aliphatic heterocycles. The van der Waals surface area contributed by atoms with Gasteiger partial charge < -0.3 is 14.6 Å². The third kappa shape index (κ3) is 4.50. The van der Waals surface area contributed by atoms with Crippen molar-refractivity contribution < 1.29 is 4.74 Å². The fourth-order valence-electron chi connectivity index (χ4n) is 2.65. The molecular formula is C18H28N2O. The van der Waals surface area contributed by atoms with E-state index in [1.165, 1.54) is 23.7 Å². The summed E-state index contributed by atoms with van der Waals surface area (Å²) in [5.41, 5.74) is 1.28. The number of benzene rings is 1. The highest BCUT2D eigenvalue weighted by Crippen LogP contribution is 2.22. The van der Waals surface area contributed by atoms with Crippen LogP contribution in [0.5, 0.6) is 5.75 Å². The third-order valence-electron chi connectivity index (χ3n) is 3.78. The molecule has 0 saturated carbocycles. The molecule has 1 aromatic carbocycles. The number of nitrogens with zero attached hydrogens (tertiary/aromatic N) is 1. The van der Waals surface area contributed by atoms with E-state index in [9.17, 15) is 0 Å². The van der Waals surface area contributed by atoms with Gasteiger partial charge >= 0.3 is 0 Å². The van der Waals surface area contributed by atoms with Crippen molar-refractivity contribution in [3.63, 3.8) is 0 Å². The minimum Gasteiger partial charge on any atom is -0.494 e. The van der Waals surface area contributed by atoms with Crippen molar-refractivity contribution in [2.24, 2.45) is 0 Å². The van der Waals surface area contributed by atoms with E-state index in [4.69, 9.17) is 4.74 Å². The van der Waals surface area contributed by atoms with Gasteiger partial charge in [0, 0.05) is 36.2 Å². The fraction of sp³-hybridized carbons (Fsp3) is 0.556. The van der Waals surface area contributed by atoms with Crippen LogP contribution in [0.25, 0.3) is 10.9 Å². The Hall–Kier alpha value is -1.48. The molecule has 21 heavy (non-hydrogen) atoms. The maximum atomic E-state index is 5.69. The molecule has 2 rings (SSSR count). The van der Waals surface area contributed by atoms with Gasteiger partial charge in [-0.15, -0.1) is 0 Å². The first kappa shape index (κ1) is 15.9. The number of hydrogen-bond acceptors (Lipinski definition) is 2. The molecule has 1 unspecified atom stereocenters. The summed E-state index contributed by atoms with van der Waals surface area (Å²) in [6.45, 7) is 9.42. The van der Waals surface area contributed by atoms with Crippen LogP contribution < -0.4 is 10.1 Å². The Labute approximate surface area is 128 Å². The highest BCUT2D eigenvalue weighted by Gasteiger charge is 2.04. The number of ether oxygens (including phenoxy) is 1. The zero-order chi connectivity index (χ0) is 15.1. The predicted molar refractivity (Wildman–Crippen MR) is 90.1 cm³/mol. The van der Waals surface area contributed by atoms with Gasteiger partial charge in [-0.2, -0.15) is 0 Å². The first-order valence-corrected chi connectivity index (χ1v) is 8.19. The summed E-state index contributed by atoms with van der Waals surface area (Å²) in [6, 6.07) is 9.14. The summed E-state index contributed by atoms with van der Waals surface area (Å²) >= 11 is 0. The van der Waals surface area contributed by atoms with Gasteiger partial charge in [-0.1, -0.05) is 20.3 Å². The zero-order valence-corrected chi connectivity index (χ0v) is 13.6. The van der Waals surface area contributed by atoms with Crippen molar-refractivity contribution in [3.05, 3.63) is 30.5 Å². The van der Waals surface area contributed by atoms with Gasteiger partial charge in [-0.05, 0) is 44.0 Å². The number of nitrogens with one attached hydrogen (secondary N) is 1. The number of rotatable bonds is 9. The first-order chi connectivity index (χ1) is 10.2. The normalized spacial score (nSPS) is 12.7. The van der Waals surface area contributed by atoms with Crippen molar-refractivity contribution in [2.45, 2.75) is 52.6 Å². The van der Waals surface area contributed by atoms with E-state index < -0.39 is 0 Å². The third-order valence-corrected chi connectivity index (χ3v) is 3.78. The topological polar surface area (TPSA) is 26.2 Å². The molecule has 0 amide bonds. The molecule has 1 N–H and O–H groups in total. The molecule has 2 aromatic rings. The van der Waals surface area contributed by atoms with Crippen molar-refractivity contribution in [1.82, 2.24) is 9.88 Å². The van der Waals surface area contributed by atoms with Gasteiger partial charge in [0.25, 0.3) is 0 Å². The van der Waals surface area contributed by atoms with E-state index in [-0.39, 0.29) is 0 Å². The van der Waals surface area contributed by atoms with Crippen molar-refractivity contribution in [3.8, 4) is 5.75 Å². The zero-order valence-electron chi connectivity index (χ0n) is 13.6. The van der Waals surface area contributed by atoms with Crippen LogP contribution in [0, 0.1) is 0 Å². The van der Waals surface area contributed by atoms with E-state index in [1.807, 2.05) is 0 Å². The standard InChI is InChI=1S/C18H28N2O/c1-4-6-15(3)19-10-12-20-11-9-16-14-17(21-13-5-2)7-8-18(16)20/h7-9,11,14-15,19H,4-6,10,12-13H2,1-3H3. The highest BCUT2D eigenvalue weighted by molar-refractivity contribution is 5.81. The molecule has 0 saturated heterocycles. The maximum absolute atomic E-state index is 5.69. The lowest BCUT2D eigenvalue weighted by molar-refractivity contribution is 0.318. The van der Waals surface area contributed by atoms with E-state index in [1.54, 1.807) is 0 Å². The highest BCUT2D eigenvalue weighted by atomic mass is 16.5. The molecule has 1 atom stereocenters. The summed E-state index contributed by atoms with van der Waals surface area (Å²) in [4.78, 5) is 0. The smallest absolute Gasteiger partial charge is 0.120 e. The lowest BCUT2D eigenvalue weighted by Gasteiger charge is -2.13. The van der Waals surface area contributed by atoms with Gasteiger partial charge in [0.2, 0.25) is 0 Å². The van der Waals surface area contributed by atoms with E-state index >= 15 is 0 Å². The molecule has 1 aromatic heterocycles. The second kappa shape index (κ2) is 8.08. The summed E-state index contributed by atoms with van der Waals surface area (Å²) in [5.74, 6) is 0.969. The SMILES string of the molecule is CCCOc1ccc2c(ccn2CCNC(C)CCC)c1. The van der Waals surface area contributed by atoms with Crippen LogP contribution in [0.2, 0.25) is 0 Å². The van der Waals surface area contributed by atoms with Gasteiger partial charge in [-0.25, -0.2) is 0 Å². The van der Waals surface area contributed by atoms with Crippen LogP contribution in [0.15, 0.2) is 30.5 Å². The first-order valence-electron chi connectivity index (χ1n) is 8.19. The fourth-order valence-corrected chi connectivity index (χ4v) is 2.65. The molecule has 0 fully saturated rings. The number of aromatic nitrogens is 1. The Morgan fingerprint density at radius 3 is 2.81 bits per heavy atom. The van der Waals surface area contributed by atoms with E-state index in [0.29, 0.717) is 6.04 Å². The molecular weight excluding hydrogens is 260 g/mol. The van der Waals surface area contributed by atoms with Gasteiger partial charge in [0.05, 0.1) is 6.61 Å². The Bertz CT molecular complexity index is 547. The second-order valence-corrected chi connectivity index (χ2v) is 5.72. The average Bonchev–Trinajstić information content (AvgIpc) is 2.88. The molecule has 0 bridgehead atoms. The van der Waals surface area contributed by atoms with Crippen molar-refractivity contribution in [2.75, 3.05) is 13.2 Å².